The highest BCUT2D eigenvalue weighted by Crippen LogP contribution is 2.24. The molecular weight excluding hydrogens is 411 g/mol. The van der Waals surface area contributed by atoms with E-state index in [1.807, 2.05) is 7.05 Å². The lowest BCUT2D eigenvalue weighted by Crippen LogP contribution is -2.45. The summed E-state index contributed by atoms with van der Waals surface area (Å²) in [4.78, 5) is 6.98. The Bertz CT molecular complexity index is 530. The third-order valence-electron chi connectivity index (χ3n) is 4.80. The van der Waals surface area contributed by atoms with Gasteiger partial charge in [0, 0.05) is 19.6 Å². The molecule has 1 aliphatic carbocycles. The highest BCUT2D eigenvalue weighted by molar-refractivity contribution is 14.0. The van der Waals surface area contributed by atoms with Crippen LogP contribution in [0.2, 0.25) is 0 Å². The lowest BCUT2D eigenvalue weighted by Gasteiger charge is -2.29. The monoisotopic (exact) mass is 440 g/mol. The van der Waals surface area contributed by atoms with Gasteiger partial charge in [0.05, 0.1) is 6.04 Å². The van der Waals surface area contributed by atoms with Gasteiger partial charge in [-0.3, -0.25) is 9.89 Å². The predicted molar refractivity (Wildman–Crippen MR) is 112 cm³/mol. The van der Waals surface area contributed by atoms with Gasteiger partial charge in [0.1, 0.15) is 0 Å². The van der Waals surface area contributed by atoms with E-state index in [9.17, 15) is 0 Å². The summed E-state index contributed by atoms with van der Waals surface area (Å²) in [5.74, 6) is 0.916. The number of halogens is 1. The van der Waals surface area contributed by atoms with Crippen LogP contribution >= 0.6 is 24.0 Å². The van der Waals surface area contributed by atoms with Crippen molar-refractivity contribution in [3.8, 4) is 0 Å². The van der Waals surface area contributed by atoms with E-state index >= 15 is 0 Å². The average molecular weight is 440 g/mol. The van der Waals surface area contributed by atoms with Crippen molar-refractivity contribution in [2.45, 2.75) is 37.8 Å². The summed E-state index contributed by atoms with van der Waals surface area (Å²) in [5, 5.41) is 7.06. The Morgan fingerprint density at radius 3 is 2.46 bits per heavy atom. The Labute approximate surface area is 162 Å². The van der Waals surface area contributed by atoms with Crippen molar-refractivity contribution in [2.75, 3.05) is 26.7 Å². The second kappa shape index (κ2) is 10.0. The van der Waals surface area contributed by atoms with Crippen LogP contribution in [0.5, 0.6) is 0 Å². The summed E-state index contributed by atoms with van der Waals surface area (Å²) >= 11 is 0. The molecule has 1 heterocycles. The Balaban J connectivity index is 0.00000208. The van der Waals surface area contributed by atoms with Gasteiger partial charge in [0.15, 0.2) is 5.96 Å². The largest absolute Gasteiger partial charge is 0.354 e. The molecule has 0 radical (unpaired) electrons. The summed E-state index contributed by atoms with van der Waals surface area (Å²) in [6, 6.07) is 11.7. The van der Waals surface area contributed by atoms with Gasteiger partial charge in [0.25, 0.3) is 0 Å². The van der Waals surface area contributed by atoms with Gasteiger partial charge < -0.3 is 10.6 Å². The maximum Gasteiger partial charge on any atom is 0.191 e. The predicted octanol–water partition coefficient (Wildman–Crippen LogP) is 3.33. The minimum absolute atomic E-state index is 0. The molecule has 0 spiro atoms. The molecule has 1 aliphatic heterocycles. The molecule has 1 fully saturated rings. The van der Waals surface area contributed by atoms with Crippen LogP contribution in [0.4, 0.5) is 0 Å². The molecular formula is C19H29IN4. The van der Waals surface area contributed by atoms with Crippen LogP contribution in [0.25, 0.3) is 0 Å². The van der Waals surface area contributed by atoms with Gasteiger partial charge in [-0.1, -0.05) is 42.5 Å². The first-order chi connectivity index (χ1) is 11.4. The van der Waals surface area contributed by atoms with Crippen LogP contribution in [0.3, 0.4) is 0 Å². The summed E-state index contributed by atoms with van der Waals surface area (Å²) in [6.07, 6.45) is 9.28. The molecule has 1 aromatic rings. The van der Waals surface area contributed by atoms with Gasteiger partial charge >= 0.3 is 0 Å². The molecule has 5 heteroatoms. The third kappa shape index (κ3) is 5.21. The smallest absolute Gasteiger partial charge is 0.191 e. The molecule has 0 aromatic heterocycles. The molecule has 3 rings (SSSR count). The van der Waals surface area contributed by atoms with Crippen molar-refractivity contribution in [1.82, 2.24) is 15.5 Å². The lowest BCUT2D eigenvalue weighted by molar-refractivity contribution is 0.245. The Kier molecular flexibility index (Phi) is 8.05. The molecule has 0 bridgehead atoms. The van der Waals surface area contributed by atoms with Gasteiger partial charge in [0.2, 0.25) is 0 Å². The summed E-state index contributed by atoms with van der Waals surface area (Å²) in [5.41, 5.74) is 1.39. The topological polar surface area (TPSA) is 39.7 Å². The van der Waals surface area contributed by atoms with Gasteiger partial charge in [-0.2, -0.15) is 0 Å². The summed E-state index contributed by atoms with van der Waals surface area (Å²) < 4.78 is 0. The highest BCUT2D eigenvalue weighted by Gasteiger charge is 2.23. The normalized spacial score (nSPS) is 20.0. The molecule has 0 saturated carbocycles. The molecule has 1 aromatic carbocycles. The van der Waals surface area contributed by atoms with Crippen LogP contribution in [0.1, 0.15) is 37.3 Å². The molecule has 4 nitrogen and oxygen atoms in total. The number of benzene rings is 1. The van der Waals surface area contributed by atoms with E-state index in [1.54, 1.807) is 0 Å². The fraction of sp³-hybridized carbons (Fsp3) is 0.526. The number of guanidine groups is 1. The molecule has 132 valence electrons. The fourth-order valence-corrected chi connectivity index (χ4v) is 3.50. The van der Waals surface area contributed by atoms with Crippen molar-refractivity contribution in [3.05, 3.63) is 48.0 Å². The molecule has 2 N–H and O–H groups in total. The minimum atomic E-state index is 0. The van der Waals surface area contributed by atoms with Crippen LogP contribution < -0.4 is 10.6 Å². The van der Waals surface area contributed by atoms with Crippen molar-refractivity contribution < 1.29 is 0 Å². The quantitative estimate of drug-likeness (QED) is 0.320. The Hall–Kier alpha value is -1.08. The zero-order chi connectivity index (χ0) is 15.9. The number of nitrogens with zero attached hydrogens (tertiary/aromatic N) is 2. The standard InChI is InChI=1S/C19H28N4.HI/c1-20-19(22-17-11-5-6-12-17)21-15-18(23-13-7-8-14-23)16-9-3-2-4-10-16;/h2-6,9-10,17-18H,7-8,11-15H2,1H3,(H2,20,21,22);1H. The van der Waals surface area contributed by atoms with E-state index in [-0.39, 0.29) is 24.0 Å². The number of aliphatic imine (C=N–C) groups is 1. The first-order valence-corrected chi connectivity index (χ1v) is 8.78. The Morgan fingerprint density at radius 2 is 1.83 bits per heavy atom. The molecule has 0 amide bonds. The van der Waals surface area contributed by atoms with Crippen LogP contribution in [0, 0.1) is 0 Å². The molecule has 1 saturated heterocycles. The van der Waals surface area contributed by atoms with Gasteiger partial charge in [-0.15, -0.1) is 24.0 Å². The molecule has 2 aliphatic rings. The number of rotatable bonds is 5. The number of hydrogen-bond acceptors (Lipinski definition) is 2. The van der Waals surface area contributed by atoms with Crippen molar-refractivity contribution >= 4 is 29.9 Å². The van der Waals surface area contributed by atoms with Gasteiger partial charge in [-0.25, -0.2) is 0 Å². The SMILES string of the molecule is CN=C(NCC(c1ccccc1)N1CCCC1)NC1CC=CC1.I. The fourth-order valence-electron chi connectivity index (χ4n) is 3.50. The first-order valence-electron chi connectivity index (χ1n) is 8.78. The minimum Gasteiger partial charge on any atom is -0.354 e. The second-order valence-corrected chi connectivity index (χ2v) is 6.41. The molecule has 24 heavy (non-hydrogen) atoms. The van der Waals surface area contributed by atoms with Crippen LogP contribution in [0.15, 0.2) is 47.5 Å². The average Bonchev–Trinajstić information content (AvgIpc) is 3.29. The second-order valence-electron chi connectivity index (χ2n) is 6.41. The summed E-state index contributed by atoms with van der Waals surface area (Å²) in [7, 11) is 1.85. The van der Waals surface area contributed by atoms with Crippen molar-refractivity contribution in [2.24, 2.45) is 4.99 Å². The van der Waals surface area contributed by atoms with Crippen molar-refractivity contribution in [1.29, 1.82) is 0 Å². The van der Waals surface area contributed by atoms with Crippen LogP contribution in [-0.2, 0) is 0 Å². The zero-order valence-electron chi connectivity index (χ0n) is 14.4. The van der Waals surface area contributed by atoms with Crippen molar-refractivity contribution in [3.63, 3.8) is 0 Å². The molecule has 1 unspecified atom stereocenters. The van der Waals surface area contributed by atoms with E-state index in [0.717, 1.165) is 25.3 Å². The summed E-state index contributed by atoms with van der Waals surface area (Å²) in [6.45, 7) is 3.28. The maximum atomic E-state index is 4.39. The number of likely N-dealkylation sites (tertiary alicyclic amines) is 1. The van der Waals surface area contributed by atoms with E-state index in [1.165, 1.54) is 31.5 Å². The van der Waals surface area contributed by atoms with E-state index in [2.05, 4.69) is 63.0 Å². The van der Waals surface area contributed by atoms with Gasteiger partial charge in [-0.05, 0) is 44.3 Å². The number of nitrogens with one attached hydrogen (secondary N) is 2. The highest BCUT2D eigenvalue weighted by atomic mass is 127. The first kappa shape index (κ1) is 19.2. The lowest BCUT2D eigenvalue weighted by atomic mass is 10.1. The zero-order valence-corrected chi connectivity index (χ0v) is 16.8. The maximum absolute atomic E-state index is 4.39. The van der Waals surface area contributed by atoms with E-state index in [0.29, 0.717) is 12.1 Å². The number of hydrogen-bond donors (Lipinski definition) is 2. The molecule has 1 atom stereocenters. The third-order valence-corrected chi connectivity index (χ3v) is 4.80. The van der Waals surface area contributed by atoms with E-state index < -0.39 is 0 Å². The van der Waals surface area contributed by atoms with E-state index in [4.69, 9.17) is 0 Å². The van der Waals surface area contributed by atoms with Crippen LogP contribution in [-0.4, -0.2) is 43.6 Å². The Morgan fingerprint density at radius 1 is 1.17 bits per heavy atom.